The first kappa shape index (κ1) is 10.5. The molecule has 1 aliphatic heterocycles. The predicted molar refractivity (Wildman–Crippen MR) is 65.0 cm³/mol. The summed E-state index contributed by atoms with van der Waals surface area (Å²) in [5.41, 5.74) is 0. The number of rotatable bonds is 1. The Morgan fingerprint density at radius 1 is 1.27 bits per heavy atom. The summed E-state index contributed by atoms with van der Waals surface area (Å²) < 4.78 is 4.86. The van der Waals surface area contributed by atoms with Crippen LogP contribution in [0.5, 0.6) is 0 Å². The van der Waals surface area contributed by atoms with E-state index in [0.29, 0.717) is 6.04 Å². The highest BCUT2D eigenvalue weighted by Gasteiger charge is 2.27. The Morgan fingerprint density at radius 3 is 2.45 bits per heavy atom. The van der Waals surface area contributed by atoms with Crippen molar-refractivity contribution in [1.29, 1.82) is 0 Å². The highest BCUT2D eigenvalue weighted by atomic mass is 127. The maximum Gasteiger partial charge on any atom is 0.0327 e. The molecule has 4 heteroatoms. The van der Waals surface area contributed by atoms with Gasteiger partial charge in [0.15, 0.2) is 0 Å². The van der Waals surface area contributed by atoms with E-state index in [-0.39, 0.29) is 0 Å². The van der Waals surface area contributed by atoms with Crippen LogP contribution in [-0.4, -0.2) is 31.4 Å². The fourth-order valence-electron chi connectivity index (χ4n) is 1.29. The summed E-state index contributed by atoms with van der Waals surface area (Å²) in [6, 6.07) is 1.46. The molecule has 0 spiro atoms. The largest absolute Gasteiger partial charge is 0.242 e. The normalized spacial score (nSPS) is 36.0. The van der Waals surface area contributed by atoms with Crippen molar-refractivity contribution in [3.05, 3.63) is 0 Å². The first-order valence-electron chi connectivity index (χ1n) is 4.00. The van der Waals surface area contributed by atoms with Crippen LogP contribution in [0.15, 0.2) is 0 Å². The molecule has 0 N–H and O–H groups in total. The number of halogens is 2. The standard InChI is InChI=1S/C7H14I2N2/c1-3-7-5-10(8)6(2)4-11(7)9/h6-7H,3-5H2,1-2H3. The topological polar surface area (TPSA) is 6.48 Å². The van der Waals surface area contributed by atoms with Crippen molar-refractivity contribution in [3.8, 4) is 0 Å². The Bertz CT molecular complexity index is 132. The summed E-state index contributed by atoms with van der Waals surface area (Å²) in [5.74, 6) is 0. The van der Waals surface area contributed by atoms with E-state index in [0.717, 1.165) is 6.04 Å². The van der Waals surface area contributed by atoms with Crippen LogP contribution < -0.4 is 0 Å². The molecule has 1 rings (SSSR count). The molecule has 0 bridgehead atoms. The maximum absolute atomic E-state index is 2.45. The molecule has 2 atom stereocenters. The molecule has 66 valence electrons. The van der Waals surface area contributed by atoms with Crippen LogP contribution in [0.3, 0.4) is 0 Å². The van der Waals surface area contributed by atoms with E-state index in [4.69, 9.17) is 0 Å². The van der Waals surface area contributed by atoms with Crippen LogP contribution in [0.1, 0.15) is 20.3 Å². The van der Waals surface area contributed by atoms with E-state index in [1.807, 2.05) is 0 Å². The van der Waals surface area contributed by atoms with Crippen LogP contribution >= 0.6 is 45.7 Å². The Hall–Kier alpha value is 1.38. The van der Waals surface area contributed by atoms with E-state index in [2.05, 4.69) is 65.8 Å². The van der Waals surface area contributed by atoms with Gasteiger partial charge in [0, 0.05) is 70.9 Å². The summed E-state index contributed by atoms with van der Waals surface area (Å²) in [5, 5.41) is 0. The molecule has 0 aromatic heterocycles. The number of hydrogen-bond donors (Lipinski definition) is 0. The second-order valence-corrected chi connectivity index (χ2v) is 5.55. The van der Waals surface area contributed by atoms with Crippen molar-refractivity contribution < 1.29 is 0 Å². The van der Waals surface area contributed by atoms with Gasteiger partial charge in [-0.3, -0.25) is 0 Å². The summed E-state index contributed by atoms with van der Waals surface area (Å²) in [6.07, 6.45) is 1.26. The lowest BCUT2D eigenvalue weighted by Gasteiger charge is -2.38. The third-order valence-electron chi connectivity index (χ3n) is 2.17. The average Bonchev–Trinajstić information content (AvgIpc) is 1.97. The van der Waals surface area contributed by atoms with Gasteiger partial charge >= 0.3 is 0 Å². The minimum absolute atomic E-state index is 0.704. The van der Waals surface area contributed by atoms with Crippen molar-refractivity contribution in [3.63, 3.8) is 0 Å². The van der Waals surface area contributed by atoms with Gasteiger partial charge in [-0.2, -0.15) is 0 Å². The molecule has 0 aromatic rings. The monoisotopic (exact) mass is 380 g/mol. The molecule has 11 heavy (non-hydrogen) atoms. The molecule has 1 fully saturated rings. The average molecular weight is 380 g/mol. The lowest BCUT2D eigenvalue weighted by Crippen LogP contribution is -2.49. The van der Waals surface area contributed by atoms with Crippen molar-refractivity contribution in [2.75, 3.05) is 13.1 Å². The minimum Gasteiger partial charge on any atom is -0.242 e. The molecule has 2 nitrogen and oxygen atoms in total. The van der Waals surface area contributed by atoms with Crippen molar-refractivity contribution in [1.82, 2.24) is 6.23 Å². The Balaban J connectivity index is 2.48. The fourth-order valence-corrected chi connectivity index (χ4v) is 3.06. The van der Waals surface area contributed by atoms with Gasteiger partial charge in [-0.1, -0.05) is 6.92 Å². The van der Waals surface area contributed by atoms with Gasteiger partial charge in [-0.15, -0.1) is 0 Å². The first-order valence-corrected chi connectivity index (χ1v) is 5.93. The Kier molecular flexibility index (Phi) is 4.35. The zero-order valence-electron chi connectivity index (χ0n) is 6.93. The van der Waals surface area contributed by atoms with E-state index in [9.17, 15) is 0 Å². The zero-order valence-corrected chi connectivity index (χ0v) is 11.2. The van der Waals surface area contributed by atoms with Gasteiger partial charge in [-0.05, 0) is 13.3 Å². The van der Waals surface area contributed by atoms with Gasteiger partial charge in [0.05, 0.1) is 0 Å². The Morgan fingerprint density at radius 2 is 1.91 bits per heavy atom. The third-order valence-corrected chi connectivity index (χ3v) is 4.70. The van der Waals surface area contributed by atoms with E-state index >= 15 is 0 Å². The first-order chi connectivity index (χ1) is 5.15. The van der Waals surface area contributed by atoms with Crippen molar-refractivity contribution >= 4 is 45.7 Å². The maximum atomic E-state index is 2.45. The lowest BCUT2D eigenvalue weighted by atomic mass is 10.1. The van der Waals surface area contributed by atoms with Gasteiger partial charge < -0.3 is 0 Å². The van der Waals surface area contributed by atoms with E-state index < -0.39 is 0 Å². The smallest absolute Gasteiger partial charge is 0.0327 e. The van der Waals surface area contributed by atoms with E-state index in [1.54, 1.807) is 0 Å². The molecule has 1 aliphatic rings. The van der Waals surface area contributed by atoms with E-state index in [1.165, 1.54) is 19.5 Å². The third kappa shape index (κ3) is 2.67. The van der Waals surface area contributed by atoms with Gasteiger partial charge in [0.25, 0.3) is 0 Å². The molecule has 2 unspecified atom stereocenters. The van der Waals surface area contributed by atoms with Gasteiger partial charge in [0.2, 0.25) is 0 Å². The molecule has 0 aliphatic carbocycles. The highest BCUT2D eigenvalue weighted by Crippen LogP contribution is 2.23. The van der Waals surface area contributed by atoms with Crippen LogP contribution in [-0.2, 0) is 0 Å². The quantitative estimate of drug-likeness (QED) is 0.510. The van der Waals surface area contributed by atoms with Gasteiger partial charge in [-0.25, -0.2) is 6.23 Å². The Labute approximate surface area is 96.7 Å². The van der Waals surface area contributed by atoms with Crippen molar-refractivity contribution in [2.24, 2.45) is 0 Å². The number of hydrogen-bond acceptors (Lipinski definition) is 2. The van der Waals surface area contributed by atoms with Crippen molar-refractivity contribution in [2.45, 2.75) is 32.4 Å². The second-order valence-electron chi connectivity index (χ2n) is 3.08. The number of nitrogens with zero attached hydrogens (tertiary/aromatic N) is 2. The molecule has 1 heterocycles. The summed E-state index contributed by atoms with van der Waals surface area (Å²) in [6.45, 7) is 6.95. The second kappa shape index (κ2) is 4.57. The molecule has 0 saturated carbocycles. The molecular weight excluding hydrogens is 366 g/mol. The predicted octanol–water partition coefficient (Wildman–Crippen LogP) is 2.47. The minimum atomic E-state index is 0.704. The lowest BCUT2D eigenvalue weighted by molar-refractivity contribution is 0.202. The highest BCUT2D eigenvalue weighted by molar-refractivity contribution is 14.1. The van der Waals surface area contributed by atoms with Crippen LogP contribution in [0, 0.1) is 0 Å². The van der Waals surface area contributed by atoms with Crippen LogP contribution in [0.25, 0.3) is 0 Å². The summed E-state index contributed by atoms with van der Waals surface area (Å²) >= 11 is 4.88. The molecule has 0 amide bonds. The SMILES string of the molecule is CCC1CN(I)C(C)CN1I. The van der Waals surface area contributed by atoms with Gasteiger partial charge in [0.1, 0.15) is 0 Å². The summed E-state index contributed by atoms with van der Waals surface area (Å²) in [7, 11) is 0. The van der Waals surface area contributed by atoms with Crippen LogP contribution in [0.4, 0.5) is 0 Å². The number of piperazine rings is 1. The molecule has 1 saturated heterocycles. The summed E-state index contributed by atoms with van der Waals surface area (Å²) in [4.78, 5) is 0. The molecule has 0 aromatic carbocycles. The zero-order chi connectivity index (χ0) is 8.43. The molecular formula is C7H14I2N2. The molecule has 0 radical (unpaired) electrons. The van der Waals surface area contributed by atoms with Crippen LogP contribution in [0.2, 0.25) is 0 Å². The fraction of sp³-hybridized carbons (Fsp3) is 1.00.